The third kappa shape index (κ3) is 9.65. The molecular formula is C27H40N6O7. The van der Waals surface area contributed by atoms with Gasteiger partial charge in [-0.3, -0.25) is 19.2 Å². The zero-order valence-electron chi connectivity index (χ0n) is 22.8. The second kappa shape index (κ2) is 15.6. The summed E-state index contributed by atoms with van der Waals surface area (Å²) in [7, 11) is 0. The van der Waals surface area contributed by atoms with Crippen molar-refractivity contribution in [1.29, 1.82) is 0 Å². The topological polar surface area (TPSA) is 230 Å². The molecule has 0 spiro atoms. The van der Waals surface area contributed by atoms with Crippen LogP contribution in [-0.4, -0.2) is 75.6 Å². The van der Waals surface area contributed by atoms with E-state index in [1.54, 1.807) is 20.0 Å². The number of para-hydroxylation sites is 1. The summed E-state index contributed by atoms with van der Waals surface area (Å²) in [5.74, 6) is -4.76. The van der Waals surface area contributed by atoms with Gasteiger partial charge < -0.3 is 42.6 Å². The molecule has 1 aromatic heterocycles. The minimum atomic E-state index is -1.20. The molecule has 13 heteroatoms. The number of hydrogen-bond donors (Lipinski definition) is 8. The molecule has 1 heterocycles. The van der Waals surface area contributed by atoms with Gasteiger partial charge in [0.05, 0.1) is 6.04 Å². The van der Waals surface area contributed by atoms with Crippen LogP contribution in [-0.2, 0) is 30.4 Å². The number of carboxylic acid groups (broad SMARTS) is 2. The molecule has 220 valence electrons. The highest BCUT2D eigenvalue weighted by Crippen LogP contribution is 2.19. The largest absolute Gasteiger partial charge is 0.481 e. The van der Waals surface area contributed by atoms with E-state index in [0.717, 1.165) is 16.5 Å². The van der Waals surface area contributed by atoms with Gasteiger partial charge in [0, 0.05) is 29.9 Å². The van der Waals surface area contributed by atoms with E-state index < -0.39 is 59.7 Å². The first-order chi connectivity index (χ1) is 18.9. The number of carbonyl (C=O) groups excluding carboxylic acids is 3. The highest BCUT2D eigenvalue weighted by molar-refractivity contribution is 5.95. The van der Waals surface area contributed by atoms with Crippen molar-refractivity contribution in [3.63, 3.8) is 0 Å². The maximum atomic E-state index is 13.5. The van der Waals surface area contributed by atoms with Crippen molar-refractivity contribution in [1.82, 2.24) is 20.9 Å². The molecule has 13 nitrogen and oxygen atoms in total. The summed E-state index contributed by atoms with van der Waals surface area (Å²) < 4.78 is 0. The van der Waals surface area contributed by atoms with Gasteiger partial charge in [0.2, 0.25) is 17.7 Å². The van der Waals surface area contributed by atoms with E-state index in [-0.39, 0.29) is 25.7 Å². The number of aromatic nitrogens is 1. The monoisotopic (exact) mass is 560 g/mol. The Labute approximate surface area is 232 Å². The first kappa shape index (κ1) is 32.2. The normalized spacial score (nSPS) is 14.2. The van der Waals surface area contributed by atoms with Gasteiger partial charge in [0.15, 0.2) is 0 Å². The Morgan fingerprint density at radius 3 is 2.17 bits per heavy atom. The summed E-state index contributed by atoms with van der Waals surface area (Å²) in [6, 6.07) is 2.84. The molecule has 2 aromatic rings. The van der Waals surface area contributed by atoms with E-state index >= 15 is 0 Å². The minimum absolute atomic E-state index is 0.0497. The van der Waals surface area contributed by atoms with Gasteiger partial charge in [0.25, 0.3) is 0 Å². The Morgan fingerprint density at radius 1 is 0.900 bits per heavy atom. The Kier molecular flexibility index (Phi) is 12.6. The van der Waals surface area contributed by atoms with E-state index in [9.17, 15) is 29.1 Å². The van der Waals surface area contributed by atoms with Gasteiger partial charge in [0.1, 0.15) is 18.1 Å². The van der Waals surface area contributed by atoms with Crippen LogP contribution in [0.3, 0.4) is 0 Å². The molecule has 0 radical (unpaired) electrons. The van der Waals surface area contributed by atoms with Gasteiger partial charge in [-0.2, -0.15) is 0 Å². The Balaban J connectivity index is 2.30. The zero-order chi connectivity index (χ0) is 29.8. The molecular weight excluding hydrogens is 520 g/mol. The van der Waals surface area contributed by atoms with Gasteiger partial charge in [-0.1, -0.05) is 32.0 Å². The van der Waals surface area contributed by atoms with Crippen LogP contribution in [0.5, 0.6) is 0 Å². The number of carboxylic acids is 2. The van der Waals surface area contributed by atoms with Crippen LogP contribution in [0.4, 0.5) is 0 Å². The minimum Gasteiger partial charge on any atom is -0.481 e. The Hall–Kier alpha value is -3.97. The fourth-order valence-electron chi connectivity index (χ4n) is 4.22. The second-order valence-electron chi connectivity index (χ2n) is 10.1. The summed E-state index contributed by atoms with van der Waals surface area (Å²) in [6.07, 6.45) is 2.59. The molecule has 0 saturated heterocycles. The Bertz CT molecular complexity index is 1180. The zero-order valence-corrected chi connectivity index (χ0v) is 22.8. The number of carbonyl (C=O) groups is 5. The summed E-state index contributed by atoms with van der Waals surface area (Å²) in [4.78, 5) is 65.1. The molecule has 0 aliphatic carbocycles. The maximum Gasteiger partial charge on any atom is 0.326 e. The maximum absolute atomic E-state index is 13.5. The third-order valence-electron chi connectivity index (χ3n) is 6.55. The number of rotatable bonds is 17. The van der Waals surface area contributed by atoms with Crippen LogP contribution in [0, 0.1) is 5.92 Å². The number of H-pyrrole nitrogens is 1. The summed E-state index contributed by atoms with van der Waals surface area (Å²) >= 11 is 0. The number of amides is 3. The number of unbranched alkanes of at least 4 members (excludes halogenated alkanes) is 1. The third-order valence-corrected chi connectivity index (χ3v) is 6.55. The van der Waals surface area contributed by atoms with E-state index in [0.29, 0.717) is 19.4 Å². The van der Waals surface area contributed by atoms with Crippen LogP contribution >= 0.6 is 0 Å². The molecule has 1 aromatic carbocycles. The number of aliphatic carboxylic acids is 2. The lowest BCUT2D eigenvalue weighted by atomic mass is 10.0. The van der Waals surface area contributed by atoms with Gasteiger partial charge >= 0.3 is 11.9 Å². The van der Waals surface area contributed by atoms with Gasteiger partial charge in [-0.15, -0.1) is 0 Å². The lowest BCUT2D eigenvalue weighted by molar-refractivity contribution is -0.143. The highest BCUT2D eigenvalue weighted by Gasteiger charge is 2.31. The summed E-state index contributed by atoms with van der Waals surface area (Å²) in [5.41, 5.74) is 13.0. The molecule has 10 N–H and O–H groups in total. The van der Waals surface area contributed by atoms with E-state index in [2.05, 4.69) is 20.9 Å². The standard InChI is InChI=1S/C27H40N6O7/c1-15(2)23(27(39)40)33-25(37)20(9-5-6-12-28)31-26(38)21(32-24(36)18(29)10-11-22(34)35)13-16-14-30-19-8-4-3-7-17(16)19/h3-4,7-8,14-15,18,20-21,23,30H,5-6,9-13,28-29H2,1-2H3,(H,31,38)(H,32,36)(H,33,37)(H,34,35)(H,39,40). The molecule has 0 fully saturated rings. The van der Waals surface area contributed by atoms with Crippen molar-refractivity contribution in [3.8, 4) is 0 Å². The fourth-order valence-corrected chi connectivity index (χ4v) is 4.22. The number of benzene rings is 1. The molecule has 0 bridgehead atoms. The number of nitrogens with one attached hydrogen (secondary N) is 4. The van der Waals surface area contributed by atoms with Crippen molar-refractivity contribution >= 4 is 40.6 Å². The van der Waals surface area contributed by atoms with E-state index in [1.165, 1.54) is 0 Å². The van der Waals surface area contributed by atoms with Crippen molar-refractivity contribution < 1.29 is 34.2 Å². The predicted octanol–water partition coefficient (Wildman–Crippen LogP) is 0.227. The number of hydrogen-bond acceptors (Lipinski definition) is 7. The summed E-state index contributed by atoms with van der Waals surface area (Å²) in [5, 5.41) is 27.0. The molecule has 4 unspecified atom stereocenters. The van der Waals surface area contributed by atoms with Gasteiger partial charge in [-0.05, 0) is 49.8 Å². The smallest absolute Gasteiger partial charge is 0.326 e. The van der Waals surface area contributed by atoms with E-state index in [4.69, 9.17) is 16.6 Å². The lowest BCUT2D eigenvalue weighted by Crippen LogP contribution is -2.58. The first-order valence-corrected chi connectivity index (χ1v) is 13.3. The predicted molar refractivity (Wildman–Crippen MR) is 148 cm³/mol. The van der Waals surface area contributed by atoms with Crippen LogP contribution in [0.1, 0.15) is 51.5 Å². The van der Waals surface area contributed by atoms with Crippen molar-refractivity contribution in [2.75, 3.05) is 6.54 Å². The number of aromatic amines is 1. The summed E-state index contributed by atoms with van der Waals surface area (Å²) in [6.45, 7) is 3.68. The Morgan fingerprint density at radius 2 is 1.55 bits per heavy atom. The van der Waals surface area contributed by atoms with Crippen molar-refractivity contribution in [2.24, 2.45) is 17.4 Å². The van der Waals surface area contributed by atoms with Crippen LogP contribution in [0.15, 0.2) is 30.5 Å². The molecule has 0 aliphatic rings. The van der Waals surface area contributed by atoms with E-state index in [1.807, 2.05) is 24.3 Å². The van der Waals surface area contributed by atoms with Crippen LogP contribution in [0.2, 0.25) is 0 Å². The van der Waals surface area contributed by atoms with Crippen LogP contribution < -0.4 is 27.4 Å². The first-order valence-electron chi connectivity index (χ1n) is 13.3. The SMILES string of the molecule is CC(C)C(NC(=O)C(CCCCN)NC(=O)C(Cc1c[nH]c2ccccc12)NC(=O)C(N)CCC(=O)O)C(=O)O. The molecule has 2 rings (SSSR count). The second-order valence-corrected chi connectivity index (χ2v) is 10.1. The number of nitrogens with two attached hydrogens (primary N) is 2. The molecule has 40 heavy (non-hydrogen) atoms. The molecule has 4 atom stereocenters. The highest BCUT2D eigenvalue weighted by atomic mass is 16.4. The quantitative estimate of drug-likeness (QED) is 0.124. The molecule has 0 aliphatic heterocycles. The average molecular weight is 561 g/mol. The number of fused-ring (bicyclic) bond motifs is 1. The van der Waals surface area contributed by atoms with Gasteiger partial charge in [-0.25, -0.2) is 4.79 Å². The van der Waals surface area contributed by atoms with Crippen molar-refractivity contribution in [2.45, 2.75) is 76.5 Å². The molecule has 0 saturated carbocycles. The van der Waals surface area contributed by atoms with Crippen molar-refractivity contribution in [3.05, 3.63) is 36.0 Å². The fraction of sp³-hybridized carbons (Fsp3) is 0.519. The average Bonchev–Trinajstić information content (AvgIpc) is 3.31. The van der Waals surface area contributed by atoms with Crippen LogP contribution in [0.25, 0.3) is 10.9 Å². The molecule has 3 amide bonds. The lowest BCUT2D eigenvalue weighted by Gasteiger charge is -2.26.